The lowest BCUT2D eigenvalue weighted by Crippen LogP contribution is -2.05. The van der Waals surface area contributed by atoms with E-state index in [1.165, 1.54) is 12.1 Å². The molecule has 1 unspecified atom stereocenters. The zero-order valence-electron chi connectivity index (χ0n) is 8.03. The monoisotopic (exact) mass is 196 g/mol. The van der Waals surface area contributed by atoms with Crippen molar-refractivity contribution in [3.8, 4) is 0 Å². The molecule has 0 spiro atoms. The third-order valence-electron chi connectivity index (χ3n) is 2.03. The van der Waals surface area contributed by atoms with Crippen LogP contribution in [0.2, 0.25) is 0 Å². The van der Waals surface area contributed by atoms with Crippen molar-refractivity contribution in [1.29, 1.82) is 0 Å². The smallest absolute Gasteiger partial charge is 0.343 e. The third kappa shape index (κ3) is 2.55. The Labute approximate surface area is 82.4 Å². The van der Waals surface area contributed by atoms with Gasteiger partial charge in [-0.05, 0) is 17.5 Å². The SMILES string of the molecule is CCCc1ccc(C(F)C(=O)O)cc1. The molecule has 14 heavy (non-hydrogen) atoms. The average Bonchev–Trinajstić information content (AvgIpc) is 2.18. The number of hydrogen-bond acceptors (Lipinski definition) is 1. The maximum atomic E-state index is 13.0. The summed E-state index contributed by atoms with van der Waals surface area (Å²) >= 11 is 0. The summed E-state index contributed by atoms with van der Waals surface area (Å²) in [6.07, 6.45) is 0.0485. The number of hydrogen-bond donors (Lipinski definition) is 1. The van der Waals surface area contributed by atoms with Crippen molar-refractivity contribution < 1.29 is 14.3 Å². The van der Waals surface area contributed by atoms with Crippen LogP contribution in [-0.4, -0.2) is 11.1 Å². The topological polar surface area (TPSA) is 37.3 Å². The fourth-order valence-corrected chi connectivity index (χ4v) is 1.28. The molecule has 0 saturated heterocycles. The van der Waals surface area contributed by atoms with Gasteiger partial charge in [0.15, 0.2) is 0 Å². The summed E-state index contributed by atoms with van der Waals surface area (Å²) < 4.78 is 13.0. The van der Waals surface area contributed by atoms with Crippen LogP contribution in [0.25, 0.3) is 0 Å². The maximum absolute atomic E-state index is 13.0. The summed E-state index contributed by atoms with van der Waals surface area (Å²) in [5.41, 5.74) is 1.31. The second-order valence-corrected chi connectivity index (χ2v) is 3.19. The van der Waals surface area contributed by atoms with Gasteiger partial charge in [0.2, 0.25) is 6.17 Å². The van der Waals surface area contributed by atoms with Gasteiger partial charge in [-0.15, -0.1) is 0 Å². The minimum Gasteiger partial charge on any atom is -0.479 e. The molecule has 1 atom stereocenters. The lowest BCUT2D eigenvalue weighted by molar-refractivity contribution is -0.143. The summed E-state index contributed by atoms with van der Waals surface area (Å²) in [7, 11) is 0. The van der Waals surface area contributed by atoms with Crippen LogP contribution in [0.15, 0.2) is 24.3 Å². The second-order valence-electron chi connectivity index (χ2n) is 3.19. The number of carbonyl (C=O) groups is 1. The third-order valence-corrected chi connectivity index (χ3v) is 2.03. The predicted octanol–water partition coefficient (Wildman–Crippen LogP) is 2.73. The Bertz CT molecular complexity index is 306. The highest BCUT2D eigenvalue weighted by molar-refractivity contribution is 5.74. The second kappa shape index (κ2) is 4.74. The van der Waals surface area contributed by atoms with E-state index in [1.54, 1.807) is 12.1 Å². The standard InChI is InChI=1S/C11H13FO2/c1-2-3-8-4-6-9(7-5-8)10(12)11(13)14/h4-7,10H,2-3H2,1H3,(H,13,14). The molecule has 0 fully saturated rings. The van der Waals surface area contributed by atoms with Crippen LogP contribution in [0.4, 0.5) is 4.39 Å². The van der Waals surface area contributed by atoms with Crippen molar-refractivity contribution in [1.82, 2.24) is 0 Å². The molecule has 0 radical (unpaired) electrons. The van der Waals surface area contributed by atoms with Crippen LogP contribution in [0.3, 0.4) is 0 Å². The summed E-state index contributed by atoms with van der Waals surface area (Å²) in [6.45, 7) is 2.06. The van der Waals surface area contributed by atoms with Crippen molar-refractivity contribution in [2.24, 2.45) is 0 Å². The number of aliphatic carboxylic acids is 1. The first kappa shape index (κ1) is 10.7. The number of carboxylic acid groups (broad SMARTS) is 1. The van der Waals surface area contributed by atoms with Crippen LogP contribution in [0, 0.1) is 0 Å². The number of rotatable bonds is 4. The van der Waals surface area contributed by atoms with Crippen molar-refractivity contribution >= 4 is 5.97 Å². The molecule has 0 aliphatic rings. The van der Waals surface area contributed by atoms with E-state index in [-0.39, 0.29) is 5.56 Å². The Morgan fingerprint density at radius 3 is 2.43 bits per heavy atom. The minimum absolute atomic E-state index is 0.206. The Morgan fingerprint density at radius 1 is 1.43 bits per heavy atom. The van der Waals surface area contributed by atoms with Crippen molar-refractivity contribution in [3.63, 3.8) is 0 Å². The van der Waals surface area contributed by atoms with Gasteiger partial charge in [-0.2, -0.15) is 0 Å². The van der Waals surface area contributed by atoms with Gasteiger partial charge in [0, 0.05) is 0 Å². The highest BCUT2D eigenvalue weighted by atomic mass is 19.1. The fraction of sp³-hybridized carbons (Fsp3) is 0.364. The highest BCUT2D eigenvalue weighted by Crippen LogP contribution is 2.18. The van der Waals surface area contributed by atoms with Crippen LogP contribution >= 0.6 is 0 Å². The normalized spacial score (nSPS) is 12.4. The molecule has 1 aromatic carbocycles. The largest absolute Gasteiger partial charge is 0.479 e. The van der Waals surface area contributed by atoms with E-state index in [1.807, 2.05) is 0 Å². The van der Waals surface area contributed by atoms with Crippen molar-refractivity contribution in [2.45, 2.75) is 25.9 Å². The van der Waals surface area contributed by atoms with E-state index < -0.39 is 12.1 Å². The molecule has 1 rings (SSSR count). The first-order chi connectivity index (χ1) is 6.65. The van der Waals surface area contributed by atoms with Crippen molar-refractivity contribution in [2.75, 3.05) is 0 Å². The molecular weight excluding hydrogens is 183 g/mol. The molecular formula is C11H13FO2. The Balaban J connectivity index is 2.77. The van der Waals surface area contributed by atoms with E-state index in [4.69, 9.17) is 5.11 Å². The van der Waals surface area contributed by atoms with Gasteiger partial charge in [0.1, 0.15) is 0 Å². The summed E-state index contributed by atoms with van der Waals surface area (Å²) in [5.74, 6) is -1.44. The molecule has 0 aliphatic carbocycles. The molecule has 0 aromatic heterocycles. The lowest BCUT2D eigenvalue weighted by Gasteiger charge is -2.04. The molecule has 1 aromatic rings. The number of benzene rings is 1. The average molecular weight is 196 g/mol. The molecule has 76 valence electrons. The first-order valence-corrected chi connectivity index (χ1v) is 4.61. The molecule has 0 aliphatic heterocycles. The number of halogens is 1. The van der Waals surface area contributed by atoms with Gasteiger partial charge in [-0.3, -0.25) is 0 Å². The Hall–Kier alpha value is -1.38. The van der Waals surface area contributed by atoms with Crippen LogP contribution < -0.4 is 0 Å². The van der Waals surface area contributed by atoms with Crippen LogP contribution in [0.1, 0.15) is 30.6 Å². The zero-order chi connectivity index (χ0) is 10.6. The minimum atomic E-state index is -1.91. The number of alkyl halides is 1. The van der Waals surface area contributed by atoms with Gasteiger partial charge in [-0.25, -0.2) is 9.18 Å². The molecule has 0 bridgehead atoms. The van der Waals surface area contributed by atoms with Crippen LogP contribution in [-0.2, 0) is 11.2 Å². The van der Waals surface area contributed by atoms with Gasteiger partial charge < -0.3 is 5.11 Å². The summed E-state index contributed by atoms with van der Waals surface area (Å²) in [6, 6.07) is 6.61. The predicted molar refractivity (Wildman–Crippen MR) is 51.9 cm³/mol. The Kier molecular flexibility index (Phi) is 3.63. The summed E-state index contributed by atoms with van der Waals surface area (Å²) in [5, 5.41) is 8.43. The highest BCUT2D eigenvalue weighted by Gasteiger charge is 2.17. The van der Waals surface area contributed by atoms with E-state index in [2.05, 4.69) is 6.92 Å². The van der Waals surface area contributed by atoms with Crippen molar-refractivity contribution in [3.05, 3.63) is 35.4 Å². The van der Waals surface area contributed by atoms with E-state index >= 15 is 0 Å². The zero-order valence-corrected chi connectivity index (χ0v) is 8.03. The molecule has 0 saturated carbocycles. The fourth-order valence-electron chi connectivity index (χ4n) is 1.28. The van der Waals surface area contributed by atoms with E-state index in [9.17, 15) is 9.18 Å². The van der Waals surface area contributed by atoms with Gasteiger partial charge in [0.25, 0.3) is 0 Å². The van der Waals surface area contributed by atoms with Gasteiger partial charge in [-0.1, -0.05) is 37.6 Å². The lowest BCUT2D eigenvalue weighted by atomic mass is 10.1. The number of carboxylic acids is 1. The molecule has 0 heterocycles. The van der Waals surface area contributed by atoms with Gasteiger partial charge >= 0.3 is 5.97 Å². The quantitative estimate of drug-likeness (QED) is 0.803. The molecule has 0 amide bonds. The molecule has 3 heteroatoms. The van der Waals surface area contributed by atoms with Gasteiger partial charge in [0.05, 0.1) is 0 Å². The molecule has 2 nitrogen and oxygen atoms in total. The van der Waals surface area contributed by atoms with Crippen LogP contribution in [0.5, 0.6) is 0 Å². The summed E-state index contributed by atoms with van der Waals surface area (Å²) in [4.78, 5) is 10.3. The first-order valence-electron chi connectivity index (χ1n) is 4.61. The number of aryl methyl sites for hydroxylation is 1. The molecule has 1 N–H and O–H groups in total. The van der Waals surface area contributed by atoms with E-state index in [0.29, 0.717) is 0 Å². The maximum Gasteiger partial charge on any atom is 0.343 e. The van der Waals surface area contributed by atoms with E-state index in [0.717, 1.165) is 18.4 Å². The Morgan fingerprint density at radius 2 is 2.00 bits per heavy atom.